The monoisotopic (exact) mass is 749 g/mol. The van der Waals surface area contributed by atoms with E-state index in [0.717, 1.165) is 12.8 Å². The SMILES string of the molecule is CCCCCCCCCCCCCCCC(=O)O.COc1ccc2c(c1)c(CC(=O)O)c(C)n2C(=O)c1ccc(Cl)cc1.NCC(=O)O.NCCO. The number of carboxylic acid groups (broad SMARTS) is 3. The molecule has 2 aromatic carbocycles. The maximum Gasteiger partial charge on any atom is 0.317 e. The molecular weight excluding hydrogens is 690 g/mol. The van der Waals surface area contributed by atoms with E-state index in [1.807, 2.05) is 0 Å². The van der Waals surface area contributed by atoms with Gasteiger partial charge in [0.05, 0.1) is 32.2 Å². The summed E-state index contributed by atoms with van der Waals surface area (Å²) in [5.41, 5.74) is 11.7. The number of aliphatic carboxylic acids is 3. The molecular formula is C39H60ClN3O9. The number of hydrogen-bond acceptors (Lipinski definition) is 8. The van der Waals surface area contributed by atoms with E-state index >= 15 is 0 Å². The number of halogens is 1. The van der Waals surface area contributed by atoms with E-state index in [0.29, 0.717) is 51.5 Å². The molecule has 0 aliphatic rings. The van der Waals surface area contributed by atoms with Crippen LogP contribution in [0.2, 0.25) is 5.02 Å². The van der Waals surface area contributed by atoms with Gasteiger partial charge in [-0.15, -0.1) is 0 Å². The third kappa shape index (κ3) is 20.8. The second kappa shape index (κ2) is 29.6. The molecule has 13 heteroatoms. The van der Waals surface area contributed by atoms with Crippen LogP contribution < -0.4 is 16.2 Å². The lowest BCUT2D eigenvalue weighted by molar-refractivity contribution is -0.137. The highest BCUT2D eigenvalue weighted by Gasteiger charge is 2.21. The second-order valence-electron chi connectivity index (χ2n) is 12.2. The minimum atomic E-state index is -0.968. The van der Waals surface area contributed by atoms with Crippen molar-refractivity contribution in [3.05, 3.63) is 64.3 Å². The van der Waals surface area contributed by atoms with Crippen LogP contribution in [0.1, 0.15) is 118 Å². The first-order valence-electron chi connectivity index (χ1n) is 18.0. The number of carboxylic acids is 3. The molecule has 0 aliphatic heterocycles. The summed E-state index contributed by atoms with van der Waals surface area (Å²) in [6, 6.07) is 11.9. The third-order valence-electron chi connectivity index (χ3n) is 7.96. The van der Waals surface area contributed by atoms with Crippen molar-refractivity contribution in [1.29, 1.82) is 0 Å². The van der Waals surface area contributed by atoms with Crippen LogP contribution in [-0.2, 0) is 20.8 Å². The van der Waals surface area contributed by atoms with Gasteiger partial charge in [0.15, 0.2) is 0 Å². The Morgan fingerprint density at radius 1 is 0.750 bits per heavy atom. The van der Waals surface area contributed by atoms with Gasteiger partial charge in [-0.05, 0) is 61.4 Å². The molecule has 0 aliphatic carbocycles. The van der Waals surface area contributed by atoms with Crippen molar-refractivity contribution in [2.24, 2.45) is 11.5 Å². The highest BCUT2D eigenvalue weighted by Crippen LogP contribution is 2.31. The molecule has 0 bridgehead atoms. The van der Waals surface area contributed by atoms with Crippen molar-refractivity contribution in [2.75, 3.05) is 26.8 Å². The van der Waals surface area contributed by atoms with Crippen LogP contribution >= 0.6 is 11.6 Å². The molecule has 52 heavy (non-hydrogen) atoms. The number of benzene rings is 2. The Hall–Kier alpha value is -3.97. The molecule has 0 saturated heterocycles. The average Bonchev–Trinajstić information content (AvgIpc) is 3.39. The molecule has 0 radical (unpaired) electrons. The number of unbranched alkanes of at least 4 members (excludes halogenated alkanes) is 12. The minimum absolute atomic E-state index is 0.0972. The number of carbonyl (C=O) groups excluding carboxylic acids is 1. The third-order valence-corrected chi connectivity index (χ3v) is 8.21. The maximum absolute atomic E-state index is 13.0. The van der Waals surface area contributed by atoms with Crippen LogP contribution in [0, 0.1) is 6.92 Å². The van der Waals surface area contributed by atoms with Crippen LogP contribution in [0.3, 0.4) is 0 Å². The highest BCUT2D eigenvalue weighted by molar-refractivity contribution is 6.30. The molecule has 0 saturated carbocycles. The van der Waals surface area contributed by atoms with Gasteiger partial charge >= 0.3 is 17.9 Å². The van der Waals surface area contributed by atoms with E-state index < -0.39 is 17.9 Å². The predicted octanol–water partition coefficient (Wildman–Crippen LogP) is 7.45. The first-order chi connectivity index (χ1) is 24.9. The van der Waals surface area contributed by atoms with E-state index in [9.17, 15) is 24.3 Å². The molecule has 1 heterocycles. The number of fused-ring (bicyclic) bond motifs is 1. The first kappa shape index (κ1) is 48.0. The van der Waals surface area contributed by atoms with Crippen LogP contribution in [0.5, 0.6) is 5.75 Å². The van der Waals surface area contributed by atoms with Crippen molar-refractivity contribution < 1.29 is 44.3 Å². The molecule has 1 aromatic heterocycles. The van der Waals surface area contributed by atoms with Crippen LogP contribution in [0.15, 0.2) is 42.5 Å². The number of aliphatic hydroxyl groups excluding tert-OH is 1. The highest BCUT2D eigenvalue weighted by atomic mass is 35.5. The molecule has 0 unspecified atom stereocenters. The van der Waals surface area contributed by atoms with Gasteiger partial charge in [0.25, 0.3) is 5.91 Å². The number of aromatic nitrogens is 1. The predicted molar refractivity (Wildman–Crippen MR) is 207 cm³/mol. The first-order valence-corrected chi connectivity index (χ1v) is 18.4. The van der Waals surface area contributed by atoms with Crippen LogP contribution in [-0.4, -0.2) is 75.6 Å². The molecule has 0 fully saturated rings. The normalized spacial score (nSPS) is 10.2. The van der Waals surface area contributed by atoms with Crippen molar-refractivity contribution >= 4 is 46.3 Å². The van der Waals surface area contributed by atoms with Gasteiger partial charge in [0, 0.05) is 34.6 Å². The van der Waals surface area contributed by atoms with Gasteiger partial charge < -0.3 is 36.6 Å². The Bertz CT molecular complexity index is 1460. The largest absolute Gasteiger partial charge is 0.497 e. The molecule has 0 spiro atoms. The summed E-state index contributed by atoms with van der Waals surface area (Å²) in [5.74, 6) is -2.21. The molecule has 12 nitrogen and oxygen atoms in total. The van der Waals surface area contributed by atoms with Crippen molar-refractivity contribution in [2.45, 2.75) is 110 Å². The summed E-state index contributed by atoms with van der Waals surface area (Å²) in [6.07, 6.45) is 17.1. The van der Waals surface area contributed by atoms with Gasteiger partial charge in [0.2, 0.25) is 0 Å². The minimum Gasteiger partial charge on any atom is -0.497 e. The zero-order valence-corrected chi connectivity index (χ0v) is 31.8. The molecule has 8 N–H and O–H groups in total. The van der Waals surface area contributed by atoms with Crippen LogP contribution in [0.4, 0.5) is 0 Å². The van der Waals surface area contributed by atoms with E-state index in [1.54, 1.807) is 56.5 Å². The fourth-order valence-corrected chi connectivity index (χ4v) is 5.37. The average molecular weight is 750 g/mol. The summed E-state index contributed by atoms with van der Waals surface area (Å²) in [7, 11) is 1.54. The number of aliphatic hydroxyl groups is 1. The number of rotatable bonds is 20. The Morgan fingerprint density at radius 3 is 1.63 bits per heavy atom. The van der Waals surface area contributed by atoms with Gasteiger partial charge in [-0.25, -0.2) is 0 Å². The zero-order chi connectivity index (χ0) is 39.3. The fraction of sp³-hybridized carbons (Fsp3) is 0.538. The van der Waals surface area contributed by atoms with Crippen molar-refractivity contribution in [3.8, 4) is 5.75 Å². The summed E-state index contributed by atoms with van der Waals surface area (Å²) in [5, 5.41) is 34.3. The lowest BCUT2D eigenvalue weighted by atomic mass is 10.0. The van der Waals surface area contributed by atoms with Gasteiger partial charge in [0.1, 0.15) is 5.75 Å². The van der Waals surface area contributed by atoms with Gasteiger partial charge in [-0.3, -0.25) is 23.7 Å². The zero-order valence-electron chi connectivity index (χ0n) is 31.1. The molecule has 3 rings (SSSR count). The smallest absolute Gasteiger partial charge is 0.317 e. The van der Waals surface area contributed by atoms with E-state index in [1.165, 1.54) is 75.2 Å². The Kier molecular flexibility index (Phi) is 27.3. The Labute approximate surface area is 313 Å². The van der Waals surface area contributed by atoms with Gasteiger partial charge in [-0.1, -0.05) is 95.6 Å². The van der Waals surface area contributed by atoms with Crippen molar-refractivity contribution in [1.82, 2.24) is 4.57 Å². The maximum atomic E-state index is 13.0. The number of nitrogens with two attached hydrogens (primary N) is 2. The van der Waals surface area contributed by atoms with E-state index in [4.69, 9.17) is 37.4 Å². The fourth-order valence-electron chi connectivity index (χ4n) is 5.24. The van der Waals surface area contributed by atoms with E-state index in [-0.39, 0.29) is 25.5 Å². The molecule has 0 amide bonds. The van der Waals surface area contributed by atoms with Gasteiger partial charge in [-0.2, -0.15) is 0 Å². The van der Waals surface area contributed by atoms with Crippen molar-refractivity contribution in [3.63, 3.8) is 0 Å². The van der Waals surface area contributed by atoms with E-state index in [2.05, 4.69) is 12.7 Å². The second-order valence-corrected chi connectivity index (χ2v) is 12.6. The Morgan fingerprint density at radius 2 is 1.23 bits per heavy atom. The standard InChI is InChI=1S/C19H16ClNO4.C16H32O2.C2H5NO2.C2H7NO/c1-11-15(10-18(22)23)16-9-14(25-2)7-8-17(16)21(11)19(24)12-3-5-13(20)6-4-12;1-2-3-4-5-6-7-8-9-10-11-12-13-14-15-16(17)18;3-1-2(4)5;3-1-2-4/h3-9H,10H2,1-2H3,(H,22,23);2-15H2,1H3,(H,17,18);1,3H2,(H,4,5);4H,1-3H2. The number of methoxy groups -OCH3 is 1. The lowest BCUT2D eigenvalue weighted by Gasteiger charge is -2.08. The molecule has 3 aromatic rings. The number of carbonyl (C=O) groups is 4. The summed E-state index contributed by atoms with van der Waals surface area (Å²) in [6.45, 7) is 4.20. The summed E-state index contributed by atoms with van der Waals surface area (Å²) < 4.78 is 6.77. The lowest BCUT2D eigenvalue weighted by Crippen LogP contribution is -2.14. The summed E-state index contributed by atoms with van der Waals surface area (Å²) in [4.78, 5) is 43.8. The number of ether oxygens (including phenoxy) is 1. The quantitative estimate of drug-likeness (QED) is 0.0624. The van der Waals surface area contributed by atoms with Crippen LogP contribution in [0.25, 0.3) is 10.9 Å². The molecule has 0 atom stereocenters. The number of nitrogens with zero attached hydrogens (tertiary/aromatic N) is 1. The Balaban J connectivity index is 0.000000840. The number of hydrogen-bond donors (Lipinski definition) is 6. The summed E-state index contributed by atoms with van der Waals surface area (Å²) >= 11 is 5.89. The topological polar surface area (TPSA) is 215 Å². The molecule has 292 valence electrons.